The van der Waals surface area contributed by atoms with Crippen LogP contribution in [0.4, 0.5) is 5.69 Å². The SMILES string of the molecule is Cc1ccc(-n2c(SCC(=O)Nc3ccc(C(C)C)cc3)nnc2-c2cccnc2)cc1. The Bertz CT molecular complexity index is 1190. The number of pyridine rings is 1. The van der Waals surface area contributed by atoms with Gasteiger partial charge in [-0.05, 0) is 54.8 Å². The van der Waals surface area contributed by atoms with E-state index in [4.69, 9.17) is 0 Å². The first-order chi connectivity index (χ1) is 15.5. The smallest absolute Gasteiger partial charge is 0.234 e. The minimum atomic E-state index is -0.0892. The molecule has 162 valence electrons. The quantitative estimate of drug-likeness (QED) is 0.382. The van der Waals surface area contributed by atoms with Crippen LogP contribution in [0.5, 0.6) is 0 Å². The summed E-state index contributed by atoms with van der Waals surface area (Å²) in [6, 6.07) is 19.9. The van der Waals surface area contributed by atoms with Crippen molar-refractivity contribution in [2.24, 2.45) is 0 Å². The number of amides is 1. The van der Waals surface area contributed by atoms with Gasteiger partial charge >= 0.3 is 0 Å². The Balaban J connectivity index is 1.53. The lowest BCUT2D eigenvalue weighted by atomic mass is 10.0. The van der Waals surface area contributed by atoms with Crippen LogP contribution in [-0.2, 0) is 4.79 Å². The summed E-state index contributed by atoms with van der Waals surface area (Å²) in [6.07, 6.45) is 3.49. The summed E-state index contributed by atoms with van der Waals surface area (Å²) in [5, 5.41) is 12.4. The van der Waals surface area contributed by atoms with Crippen molar-refractivity contribution in [3.8, 4) is 17.1 Å². The molecule has 0 unspecified atom stereocenters. The number of thioether (sulfide) groups is 1. The van der Waals surface area contributed by atoms with Gasteiger partial charge in [0.2, 0.25) is 5.91 Å². The highest BCUT2D eigenvalue weighted by molar-refractivity contribution is 7.99. The number of anilines is 1. The van der Waals surface area contributed by atoms with Gasteiger partial charge in [-0.2, -0.15) is 0 Å². The number of benzene rings is 2. The fraction of sp³-hybridized carbons (Fsp3) is 0.200. The number of hydrogen-bond donors (Lipinski definition) is 1. The van der Waals surface area contributed by atoms with Crippen LogP contribution >= 0.6 is 11.8 Å². The number of nitrogens with zero attached hydrogens (tertiary/aromatic N) is 4. The Hall–Kier alpha value is -3.45. The minimum absolute atomic E-state index is 0.0892. The second kappa shape index (κ2) is 9.78. The Labute approximate surface area is 192 Å². The maximum absolute atomic E-state index is 12.6. The normalized spacial score (nSPS) is 11.0. The topological polar surface area (TPSA) is 72.7 Å². The zero-order valence-electron chi connectivity index (χ0n) is 18.3. The Kier molecular flexibility index (Phi) is 6.66. The summed E-state index contributed by atoms with van der Waals surface area (Å²) < 4.78 is 1.96. The van der Waals surface area contributed by atoms with Gasteiger partial charge < -0.3 is 5.32 Å². The molecule has 4 rings (SSSR count). The standard InChI is InChI=1S/C25H25N5OS/c1-17(2)19-8-10-21(11-9-19)27-23(31)16-32-25-29-28-24(20-5-4-14-26-15-20)30(25)22-12-6-18(3)7-13-22/h4-15,17H,16H2,1-3H3,(H,27,31). The molecule has 0 aliphatic heterocycles. The van der Waals surface area contributed by atoms with E-state index in [0.29, 0.717) is 16.9 Å². The maximum Gasteiger partial charge on any atom is 0.234 e. The Morgan fingerprint density at radius 3 is 2.44 bits per heavy atom. The number of aryl methyl sites for hydroxylation is 1. The van der Waals surface area contributed by atoms with E-state index >= 15 is 0 Å². The predicted molar refractivity (Wildman–Crippen MR) is 129 cm³/mol. The van der Waals surface area contributed by atoms with Crippen molar-refractivity contribution in [1.82, 2.24) is 19.7 Å². The van der Waals surface area contributed by atoms with Crippen LogP contribution in [0.15, 0.2) is 78.2 Å². The number of nitrogens with one attached hydrogen (secondary N) is 1. The highest BCUT2D eigenvalue weighted by atomic mass is 32.2. The monoisotopic (exact) mass is 443 g/mol. The van der Waals surface area contributed by atoms with Crippen molar-refractivity contribution >= 4 is 23.4 Å². The zero-order valence-corrected chi connectivity index (χ0v) is 19.1. The van der Waals surface area contributed by atoms with E-state index in [0.717, 1.165) is 16.9 Å². The number of carbonyl (C=O) groups is 1. The first-order valence-corrected chi connectivity index (χ1v) is 11.5. The summed E-state index contributed by atoms with van der Waals surface area (Å²) in [7, 11) is 0. The third kappa shape index (κ3) is 5.06. The number of hydrogen-bond acceptors (Lipinski definition) is 5. The second-order valence-corrected chi connectivity index (χ2v) is 8.77. The van der Waals surface area contributed by atoms with Crippen LogP contribution in [0.1, 0.15) is 30.9 Å². The fourth-order valence-electron chi connectivity index (χ4n) is 3.25. The molecule has 0 aliphatic carbocycles. The molecule has 0 spiro atoms. The van der Waals surface area contributed by atoms with Gasteiger partial charge in [0, 0.05) is 29.3 Å². The van der Waals surface area contributed by atoms with E-state index in [1.165, 1.54) is 22.9 Å². The molecular formula is C25H25N5OS. The van der Waals surface area contributed by atoms with Crippen LogP contribution in [0.25, 0.3) is 17.1 Å². The molecule has 2 heterocycles. The summed E-state index contributed by atoms with van der Waals surface area (Å²) in [4.78, 5) is 16.8. The summed E-state index contributed by atoms with van der Waals surface area (Å²) in [5.74, 6) is 1.28. The highest BCUT2D eigenvalue weighted by Crippen LogP contribution is 2.28. The van der Waals surface area contributed by atoms with Gasteiger partial charge in [-0.1, -0.05) is 55.4 Å². The molecule has 2 aromatic carbocycles. The van der Waals surface area contributed by atoms with Gasteiger partial charge in [0.25, 0.3) is 0 Å². The molecule has 32 heavy (non-hydrogen) atoms. The molecule has 7 heteroatoms. The van der Waals surface area contributed by atoms with E-state index < -0.39 is 0 Å². The van der Waals surface area contributed by atoms with Crippen LogP contribution in [0, 0.1) is 6.92 Å². The summed E-state index contributed by atoms with van der Waals surface area (Å²) in [6.45, 7) is 6.34. The van der Waals surface area contributed by atoms with Crippen molar-refractivity contribution in [2.45, 2.75) is 31.8 Å². The maximum atomic E-state index is 12.6. The largest absolute Gasteiger partial charge is 0.325 e. The molecule has 1 amide bonds. The molecule has 1 N–H and O–H groups in total. The second-order valence-electron chi connectivity index (χ2n) is 7.83. The van der Waals surface area contributed by atoms with E-state index in [1.807, 2.05) is 72.2 Å². The lowest BCUT2D eigenvalue weighted by Crippen LogP contribution is -2.14. The molecule has 0 radical (unpaired) electrons. The third-order valence-electron chi connectivity index (χ3n) is 5.04. The molecule has 0 atom stereocenters. The van der Waals surface area contributed by atoms with Gasteiger partial charge in [0.15, 0.2) is 11.0 Å². The Morgan fingerprint density at radius 1 is 1.03 bits per heavy atom. The van der Waals surface area contributed by atoms with Crippen molar-refractivity contribution in [1.29, 1.82) is 0 Å². The van der Waals surface area contributed by atoms with Gasteiger partial charge in [-0.15, -0.1) is 10.2 Å². The number of rotatable bonds is 7. The van der Waals surface area contributed by atoms with Crippen molar-refractivity contribution in [3.05, 3.63) is 84.2 Å². The van der Waals surface area contributed by atoms with Gasteiger partial charge in [-0.3, -0.25) is 14.3 Å². The summed E-state index contributed by atoms with van der Waals surface area (Å²) >= 11 is 1.35. The van der Waals surface area contributed by atoms with Crippen LogP contribution in [-0.4, -0.2) is 31.4 Å². The molecule has 2 aromatic heterocycles. The molecule has 6 nitrogen and oxygen atoms in total. The average molecular weight is 444 g/mol. The predicted octanol–water partition coefficient (Wildman–Crippen LogP) is 5.49. The molecular weight excluding hydrogens is 418 g/mol. The van der Waals surface area contributed by atoms with E-state index in [9.17, 15) is 4.79 Å². The minimum Gasteiger partial charge on any atom is -0.325 e. The zero-order chi connectivity index (χ0) is 22.5. The van der Waals surface area contributed by atoms with Gasteiger partial charge in [-0.25, -0.2) is 0 Å². The third-order valence-corrected chi connectivity index (χ3v) is 5.97. The van der Waals surface area contributed by atoms with E-state index in [2.05, 4.69) is 34.3 Å². The first-order valence-electron chi connectivity index (χ1n) is 10.5. The highest BCUT2D eigenvalue weighted by Gasteiger charge is 2.17. The molecule has 0 fully saturated rings. The van der Waals surface area contributed by atoms with Crippen molar-refractivity contribution in [3.63, 3.8) is 0 Å². The van der Waals surface area contributed by atoms with Crippen molar-refractivity contribution in [2.75, 3.05) is 11.1 Å². The number of aromatic nitrogens is 4. The van der Waals surface area contributed by atoms with Crippen LogP contribution in [0.3, 0.4) is 0 Å². The van der Waals surface area contributed by atoms with Crippen LogP contribution in [0.2, 0.25) is 0 Å². The van der Waals surface area contributed by atoms with Gasteiger partial charge in [0.1, 0.15) is 0 Å². The average Bonchev–Trinajstić information content (AvgIpc) is 3.23. The molecule has 0 aliphatic rings. The molecule has 0 saturated carbocycles. The van der Waals surface area contributed by atoms with Gasteiger partial charge in [0.05, 0.1) is 5.75 Å². The Morgan fingerprint density at radius 2 is 1.78 bits per heavy atom. The van der Waals surface area contributed by atoms with Crippen molar-refractivity contribution < 1.29 is 4.79 Å². The van der Waals surface area contributed by atoms with Crippen LogP contribution < -0.4 is 5.32 Å². The lowest BCUT2D eigenvalue weighted by molar-refractivity contribution is -0.113. The molecule has 0 bridgehead atoms. The molecule has 4 aromatic rings. The first kappa shape index (κ1) is 21.8. The fourth-order valence-corrected chi connectivity index (χ4v) is 4.00. The lowest BCUT2D eigenvalue weighted by Gasteiger charge is -2.11. The molecule has 0 saturated heterocycles. The van der Waals surface area contributed by atoms with E-state index in [1.54, 1.807) is 12.4 Å². The summed E-state index contributed by atoms with van der Waals surface area (Å²) in [5.41, 5.74) is 5.00. The van der Waals surface area contributed by atoms with E-state index in [-0.39, 0.29) is 11.7 Å². The number of carbonyl (C=O) groups excluding carboxylic acids is 1.